The van der Waals surface area contributed by atoms with Crippen LogP contribution in [0.25, 0.3) is 0 Å². The lowest BCUT2D eigenvalue weighted by molar-refractivity contribution is 0.151. The number of hydrogen-bond acceptors (Lipinski definition) is 1. The van der Waals surface area contributed by atoms with Crippen molar-refractivity contribution in [1.29, 1.82) is 0 Å². The van der Waals surface area contributed by atoms with E-state index in [0.717, 1.165) is 23.3 Å². The Labute approximate surface area is 82.3 Å². The summed E-state index contributed by atoms with van der Waals surface area (Å²) in [6, 6.07) is 0.806. The summed E-state index contributed by atoms with van der Waals surface area (Å²) in [7, 11) is 0. The average Bonchev–Trinajstić information content (AvgIpc) is 2.45. The smallest absolute Gasteiger partial charge is 0.0101 e. The highest BCUT2D eigenvalue weighted by atomic mass is 15.0. The molecule has 2 fully saturated rings. The largest absolute Gasteiger partial charge is 0.313 e. The SMILES string of the molecule is CC(C)C(C)C1CC2(CCC2)CN1. The van der Waals surface area contributed by atoms with E-state index in [1.54, 1.807) is 0 Å². The summed E-state index contributed by atoms with van der Waals surface area (Å²) in [5.41, 5.74) is 0.744. The number of rotatable bonds is 2. The first kappa shape index (κ1) is 9.51. The van der Waals surface area contributed by atoms with Gasteiger partial charge in [-0.25, -0.2) is 0 Å². The minimum absolute atomic E-state index is 0.744. The van der Waals surface area contributed by atoms with Crippen LogP contribution in [0.4, 0.5) is 0 Å². The molecule has 0 aromatic heterocycles. The van der Waals surface area contributed by atoms with Crippen molar-refractivity contribution in [2.24, 2.45) is 17.3 Å². The Morgan fingerprint density at radius 2 is 1.92 bits per heavy atom. The van der Waals surface area contributed by atoms with E-state index >= 15 is 0 Å². The second kappa shape index (κ2) is 3.27. The van der Waals surface area contributed by atoms with Gasteiger partial charge in [0.05, 0.1) is 0 Å². The third-order valence-corrected chi connectivity index (χ3v) is 4.49. The Kier molecular flexibility index (Phi) is 2.39. The zero-order valence-corrected chi connectivity index (χ0v) is 9.27. The minimum Gasteiger partial charge on any atom is -0.313 e. The van der Waals surface area contributed by atoms with Gasteiger partial charge in [0.15, 0.2) is 0 Å². The van der Waals surface area contributed by atoms with Crippen LogP contribution in [-0.2, 0) is 0 Å². The molecule has 0 amide bonds. The van der Waals surface area contributed by atoms with Crippen molar-refractivity contribution >= 4 is 0 Å². The Balaban J connectivity index is 1.90. The first-order chi connectivity index (χ1) is 6.13. The van der Waals surface area contributed by atoms with Crippen molar-refractivity contribution in [3.63, 3.8) is 0 Å². The molecule has 2 aliphatic rings. The molecule has 2 rings (SSSR count). The predicted octanol–water partition coefficient (Wildman–Crippen LogP) is 2.81. The molecule has 1 heteroatoms. The van der Waals surface area contributed by atoms with Gasteiger partial charge < -0.3 is 5.32 Å². The van der Waals surface area contributed by atoms with Crippen molar-refractivity contribution < 1.29 is 0 Å². The molecule has 0 radical (unpaired) electrons. The molecule has 1 N–H and O–H groups in total. The highest BCUT2D eigenvalue weighted by Gasteiger charge is 2.44. The maximum atomic E-state index is 3.73. The van der Waals surface area contributed by atoms with Crippen LogP contribution >= 0.6 is 0 Å². The van der Waals surface area contributed by atoms with Crippen LogP contribution in [-0.4, -0.2) is 12.6 Å². The van der Waals surface area contributed by atoms with E-state index in [9.17, 15) is 0 Å². The molecule has 1 nitrogen and oxygen atoms in total. The summed E-state index contributed by atoms with van der Waals surface area (Å²) >= 11 is 0. The molecule has 1 heterocycles. The first-order valence-corrected chi connectivity index (χ1v) is 5.86. The van der Waals surface area contributed by atoms with Crippen molar-refractivity contribution in [3.05, 3.63) is 0 Å². The van der Waals surface area contributed by atoms with Crippen LogP contribution in [0.2, 0.25) is 0 Å². The van der Waals surface area contributed by atoms with Gasteiger partial charge in [0.1, 0.15) is 0 Å². The Bertz CT molecular complexity index is 182. The molecule has 76 valence electrons. The Morgan fingerprint density at radius 1 is 1.23 bits per heavy atom. The van der Waals surface area contributed by atoms with E-state index in [0.29, 0.717) is 0 Å². The molecule has 0 bridgehead atoms. The lowest BCUT2D eigenvalue weighted by Crippen LogP contribution is -2.31. The topological polar surface area (TPSA) is 12.0 Å². The van der Waals surface area contributed by atoms with Crippen molar-refractivity contribution in [3.8, 4) is 0 Å². The highest BCUT2D eigenvalue weighted by molar-refractivity contribution is 5.00. The molecular formula is C12H23N. The van der Waals surface area contributed by atoms with Crippen LogP contribution in [0, 0.1) is 17.3 Å². The maximum Gasteiger partial charge on any atom is 0.0101 e. The number of nitrogens with one attached hydrogen (secondary N) is 1. The third-order valence-electron chi connectivity index (χ3n) is 4.49. The standard InChI is InChI=1S/C12H23N/c1-9(2)10(3)11-7-12(8-13-11)5-4-6-12/h9-11,13H,4-8H2,1-3H3. The quantitative estimate of drug-likeness (QED) is 0.690. The molecule has 0 aromatic rings. The Morgan fingerprint density at radius 3 is 2.31 bits per heavy atom. The summed E-state index contributed by atoms with van der Waals surface area (Å²) in [5.74, 6) is 1.67. The van der Waals surface area contributed by atoms with Gasteiger partial charge in [0.25, 0.3) is 0 Å². The van der Waals surface area contributed by atoms with Gasteiger partial charge >= 0.3 is 0 Å². The van der Waals surface area contributed by atoms with Crippen LogP contribution < -0.4 is 5.32 Å². The van der Waals surface area contributed by atoms with E-state index < -0.39 is 0 Å². The van der Waals surface area contributed by atoms with E-state index in [2.05, 4.69) is 26.1 Å². The van der Waals surface area contributed by atoms with Crippen LogP contribution in [0.5, 0.6) is 0 Å². The number of hydrogen-bond donors (Lipinski definition) is 1. The monoisotopic (exact) mass is 181 g/mol. The van der Waals surface area contributed by atoms with Crippen molar-refractivity contribution in [2.45, 2.75) is 52.5 Å². The molecule has 0 aromatic carbocycles. The van der Waals surface area contributed by atoms with Gasteiger partial charge in [0.2, 0.25) is 0 Å². The van der Waals surface area contributed by atoms with Gasteiger partial charge in [0, 0.05) is 12.6 Å². The van der Waals surface area contributed by atoms with Gasteiger partial charge in [-0.05, 0) is 36.5 Å². The molecule has 1 aliphatic carbocycles. The van der Waals surface area contributed by atoms with E-state index in [4.69, 9.17) is 0 Å². The summed E-state index contributed by atoms with van der Waals surface area (Å²) < 4.78 is 0. The molecule has 1 saturated heterocycles. The Hall–Kier alpha value is -0.0400. The van der Waals surface area contributed by atoms with Crippen LogP contribution in [0.1, 0.15) is 46.5 Å². The summed E-state index contributed by atoms with van der Waals surface area (Å²) in [6.45, 7) is 8.39. The molecule has 2 unspecified atom stereocenters. The fourth-order valence-corrected chi connectivity index (χ4v) is 2.85. The van der Waals surface area contributed by atoms with Crippen molar-refractivity contribution in [1.82, 2.24) is 5.32 Å². The molecule has 1 saturated carbocycles. The summed E-state index contributed by atoms with van der Waals surface area (Å²) in [4.78, 5) is 0. The third kappa shape index (κ3) is 1.63. The fraction of sp³-hybridized carbons (Fsp3) is 1.00. The lowest BCUT2D eigenvalue weighted by Gasteiger charge is -2.38. The zero-order chi connectivity index (χ0) is 9.47. The second-order valence-electron chi connectivity index (χ2n) is 5.65. The van der Waals surface area contributed by atoms with E-state index in [1.807, 2.05) is 0 Å². The minimum atomic E-state index is 0.744. The molecule has 13 heavy (non-hydrogen) atoms. The van der Waals surface area contributed by atoms with Crippen LogP contribution in [0.15, 0.2) is 0 Å². The highest BCUT2D eigenvalue weighted by Crippen LogP contribution is 2.48. The van der Waals surface area contributed by atoms with Gasteiger partial charge in [-0.1, -0.05) is 27.2 Å². The first-order valence-electron chi connectivity index (χ1n) is 5.86. The van der Waals surface area contributed by atoms with Gasteiger partial charge in [-0.2, -0.15) is 0 Å². The normalized spacial score (nSPS) is 33.7. The van der Waals surface area contributed by atoms with Crippen LogP contribution in [0.3, 0.4) is 0 Å². The molecular weight excluding hydrogens is 158 g/mol. The van der Waals surface area contributed by atoms with E-state index in [-0.39, 0.29) is 0 Å². The molecule has 2 atom stereocenters. The van der Waals surface area contributed by atoms with Crippen molar-refractivity contribution in [2.75, 3.05) is 6.54 Å². The second-order valence-corrected chi connectivity index (χ2v) is 5.65. The summed E-state index contributed by atoms with van der Waals surface area (Å²) in [5, 5.41) is 3.73. The average molecular weight is 181 g/mol. The molecule has 1 aliphatic heterocycles. The van der Waals surface area contributed by atoms with Gasteiger partial charge in [-0.3, -0.25) is 0 Å². The fourth-order valence-electron chi connectivity index (χ4n) is 2.85. The summed E-state index contributed by atoms with van der Waals surface area (Å²) in [6.07, 6.45) is 5.90. The predicted molar refractivity (Wildman–Crippen MR) is 56.7 cm³/mol. The maximum absolute atomic E-state index is 3.73. The molecule has 1 spiro atoms. The lowest BCUT2D eigenvalue weighted by atomic mass is 9.66. The van der Waals surface area contributed by atoms with Gasteiger partial charge in [-0.15, -0.1) is 0 Å². The van der Waals surface area contributed by atoms with E-state index in [1.165, 1.54) is 32.2 Å². The zero-order valence-electron chi connectivity index (χ0n) is 9.27.